The summed E-state index contributed by atoms with van der Waals surface area (Å²) < 4.78 is 4.79. The highest BCUT2D eigenvalue weighted by atomic mass is 32.1. The molecule has 0 aliphatic rings. The summed E-state index contributed by atoms with van der Waals surface area (Å²) in [6.07, 6.45) is 1.62. The second-order valence-corrected chi connectivity index (χ2v) is 4.22. The molecule has 0 spiro atoms. The van der Waals surface area contributed by atoms with Gasteiger partial charge >= 0.3 is 0 Å². The molecule has 1 aromatic heterocycles. The van der Waals surface area contributed by atoms with Gasteiger partial charge in [0.25, 0.3) is 6.47 Å². The first-order valence-corrected chi connectivity index (χ1v) is 5.01. The van der Waals surface area contributed by atoms with E-state index in [0.717, 1.165) is 5.01 Å². The summed E-state index contributed by atoms with van der Waals surface area (Å²) in [7, 11) is 0. The minimum absolute atomic E-state index is 0.227. The summed E-state index contributed by atoms with van der Waals surface area (Å²) >= 11 is 1.59. The Kier molecular flexibility index (Phi) is 3.42. The molecule has 1 aromatic rings. The highest BCUT2D eigenvalue weighted by Gasteiger charge is 2.12. The summed E-state index contributed by atoms with van der Waals surface area (Å²) in [6.45, 7) is 6.50. The van der Waals surface area contributed by atoms with Gasteiger partial charge in [-0.3, -0.25) is 4.79 Å². The SMILES string of the molecule is CC(C)c1cnc(C(C)OC=O)s1. The standard InChI is InChI=1S/C9H13NO2S/c1-6(2)8-4-10-9(13-8)7(3)12-5-11/h4-7H,1-3H3. The lowest BCUT2D eigenvalue weighted by molar-refractivity contribution is -0.133. The van der Waals surface area contributed by atoms with Gasteiger partial charge in [-0.05, 0) is 12.8 Å². The Balaban J connectivity index is 2.73. The predicted molar refractivity (Wildman–Crippen MR) is 51.8 cm³/mol. The van der Waals surface area contributed by atoms with E-state index in [0.29, 0.717) is 12.4 Å². The summed E-state index contributed by atoms with van der Waals surface area (Å²) in [5.41, 5.74) is 0. The first-order chi connectivity index (χ1) is 6.15. The molecule has 72 valence electrons. The summed E-state index contributed by atoms with van der Waals surface area (Å²) in [5.74, 6) is 0.481. The van der Waals surface area contributed by atoms with Crippen molar-refractivity contribution >= 4 is 17.8 Å². The number of hydrogen-bond donors (Lipinski definition) is 0. The van der Waals surface area contributed by atoms with Crippen LogP contribution < -0.4 is 0 Å². The molecule has 1 heterocycles. The molecule has 1 atom stereocenters. The maximum absolute atomic E-state index is 10.1. The molecule has 0 aliphatic heterocycles. The van der Waals surface area contributed by atoms with E-state index in [4.69, 9.17) is 4.74 Å². The first kappa shape index (κ1) is 10.2. The van der Waals surface area contributed by atoms with Crippen molar-refractivity contribution in [2.75, 3.05) is 0 Å². The molecule has 0 saturated carbocycles. The van der Waals surface area contributed by atoms with Crippen molar-refractivity contribution in [3.63, 3.8) is 0 Å². The lowest BCUT2D eigenvalue weighted by Gasteiger charge is -2.04. The number of nitrogens with zero attached hydrogens (tertiary/aromatic N) is 1. The van der Waals surface area contributed by atoms with Crippen LogP contribution in [0.15, 0.2) is 6.20 Å². The molecule has 0 aromatic carbocycles. The second-order valence-electron chi connectivity index (χ2n) is 3.13. The Labute approximate surface area is 81.8 Å². The zero-order chi connectivity index (χ0) is 9.84. The van der Waals surface area contributed by atoms with Gasteiger partial charge in [0.1, 0.15) is 11.1 Å². The van der Waals surface area contributed by atoms with Crippen LogP contribution in [-0.4, -0.2) is 11.5 Å². The van der Waals surface area contributed by atoms with Crippen LogP contribution in [0.25, 0.3) is 0 Å². The van der Waals surface area contributed by atoms with Gasteiger partial charge in [-0.1, -0.05) is 13.8 Å². The quantitative estimate of drug-likeness (QED) is 0.699. The fourth-order valence-corrected chi connectivity index (χ4v) is 1.81. The average molecular weight is 199 g/mol. The summed E-state index contributed by atoms with van der Waals surface area (Å²) in [6, 6.07) is 0. The topological polar surface area (TPSA) is 39.2 Å². The van der Waals surface area contributed by atoms with E-state index in [-0.39, 0.29) is 6.10 Å². The third-order valence-electron chi connectivity index (χ3n) is 1.72. The van der Waals surface area contributed by atoms with Crippen molar-refractivity contribution in [1.82, 2.24) is 4.98 Å². The van der Waals surface area contributed by atoms with Crippen molar-refractivity contribution in [3.8, 4) is 0 Å². The maximum atomic E-state index is 10.1. The van der Waals surface area contributed by atoms with E-state index in [1.807, 2.05) is 13.1 Å². The zero-order valence-corrected chi connectivity index (χ0v) is 8.80. The van der Waals surface area contributed by atoms with Crippen LogP contribution in [0.4, 0.5) is 0 Å². The van der Waals surface area contributed by atoms with Gasteiger partial charge in [0.15, 0.2) is 0 Å². The predicted octanol–water partition coefficient (Wildman–Crippen LogP) is 2.50. The number of hydrogen-bond acceptors (Lipinski definition) is 4. The molecule has 3 nitrogen and oxygen atoms in total. The number of ether oxygens (including phenoxy) is 1. The van der Waals surface area contributed by atoms with Gasteiger partial charge < -0.3 is 4.74 Å². The second kappa shape index (κ2) is 4.37. The molecule has 0 saturated heterocycles. The lowest BCUT2D eigenvalue weighted by atomic mass is 10.2. The van der Waals surface area contributed by atoms with Gasteiger partial charge in [-0.2, -0.15) is 0 Å². The highest BCUT2D eigenvalue weighted by Crippen LogP contribution is 2.26. The largest absolute Gasteiger partial charge is 0.457 e. The smallest absolute Gasteiger partial charge is 0.293 e. The lowest BCUT2D eigenvalue weighted by Crippen LogP contribution is -1.96. The minimum Gasteiger partial charge on any atom is -0.457 e. The van der Waals surface area contributed by atoms with Crippen LogP contribution in [-0.2, 0) is 9.53 Å². The Bertz CT molecular complexity index is 283. The van der Waals surface area contributed by atoms with Crippen LogP contribution >= 0.6 is 11.3 Å². The summed E-state index contributed by atoms with van der Waals surface area (Å²) in [4.78, 5) is 15.5. The van der Waals surface area contributed by atoms with Gasteiger partial charge in [0.05, 0.1) is 0 Å². The Morgan fingerprint density at radius 1 is 1.54 bits per heavy atom. The first-order valence-electron chi connectivity index (χ1n) is 4.20. The van der Waals surface area contributed by atoms with Crippen molar-refractivity contribution in [3.05, 3.63) is 16.1 Å². The average Bonchev–Trinajstić information content (AvgIpc) is 2.52. The zero-order valence-electron chi connectivity index (χ0n) is 7.98. The fraction of sp³-hybridized carbons (Fsp3) is 0.556. The van der Waals surface area contributed by atoms with Gasteiger partial charge in [0.2, 0.25) is 0 Å². The molecule has 0 bridgehead atoms. The molecule has 1 rings (SSSR count). The van der Waals surface area contributed by atoms with Gasteiger partial charge in [-0.25, -0.2) is 4.98 Å². The molecule has 13 heavy (non-hydrogen) atoms. The van der Waals surface area contributed by atoms with Crippen LogP contribution in [0, 0.1) is 0 Å². The Morgan fingerprint density at radius 2 is 2.23 bits per heavy atom. The Morgan fingerprint density at radius 3 is 2.69 bits per heavy atom. The van der Waals surface area contributed by atoms with Crippen LogP contribution in [0.2, 0.25) is 0 Å². The molecular weight excluding hydrogens is 186 g/mol. The number of carbonyl (C=O) groups is 1. The molecule has 0 fully saturated rings. The fourth-order valence-electron chi connectivity index (χ4n) is 0.897. The van der Waals surface area contributed by atoms with Crippen LogP contribution in [0.5, 0.6) is 0 Å². The molecule has 0 aliphatic carbocycles. The van der Waals surface area contributed by atoms with Crippen molar-refractivity contribution in [1.29, 1.82) is 0 Å². The minimum atomic E-state index is -0.227. The highest BCUT2D eigenvalue weighted by molar-refractivity contribution is 7.11. The van der Waals surface area contributed by atoms with Crippen LogP contribution in [0.3, 0.4) is 0 Å². The third-order valence-corrected chi connectivity index (χ3v) is 3.18. The van der Waals surface area contributed by atoms with Gasteiger partial charge in [0, 0.05) is 11.1 Å². The number of thiazole rings is 1. The monoisotopic (exact) mass is 199 g/mol. The Hall–Kier alpha value is -0.900. The van der Waals surface area contributed by atoms with E-state index in [1.165, 1.54) is 4.88 Å². The van der Waals surface area contributed by atoms with E-state index >= 15 is 0 Å². The molecule has 4 heteroatoms. The molecular formula is C9H13NO2S. The van der Waals surface area contributed by atoms with E-state index in [2.05, 4.69) is 18.8 Å². The molecule has 1 unspecified atom stereocenters. The maximum Gasteiger partial charge on any atom is 0.293 e. The molecule has 0 amide bonds. The van der Waals surface area contributed by atoms with Gasteiger partial charge in [-0.15, -0.1) is 11.3 Å². The van der Waals surface area contributed by atoms with Crippen molar-refractivity contribution < 1.29 is 9.53 Å². The van der Waals surface area contributed by atoms with E-state index in [9.17, 15) is 4.79 Å². The normalized spacial score (nSPS) is 12.9. The van der Waals surface area contributed by atoms with E-state index < -0.39 is 0 Å². The van der Waals surface area contributed by atoms with E-state index in [1.54, 1.807) is 11.3 Å². The number of rotatable bonds is 4. The number of aromatic nitrogens is 1. The number of carbonyl (C=O) groups excluding carboxylic acids is 1. The van der Waals surface area contributed by atoms with Crippen LogP contribution in [0.1, 0.15) is 42.7 Å². The van der Waals surface area contributed by atoms with Crippen molar-refractivity contribution in [2.45, 2.75) is 32.8 Å². The molecule has 0 radical (unpaired) electrons. The van der Waals surface area contributed by atoms with Crippen molar-refractivity contribution in [2.24, 2.45) is 0 Å². The third kappa shape index (κ3) is 2.52. The summed E-state index contributed by atoms with van der Waals surface area (Å²) in [5, 5.41) is 0.857. The molecule has 0 N–H and O–H groups in total.